The average Bonchev–Trinajstić information content (AvgIpc) is 3.01. The van der Waals surface area contributed by atoms with Gasteiger partial charge in [-0.2, -0.15) is 0 Å². The molecule has 0 radical (unpaired) electrons. The standard InChI is InChI=1S/C17H21NO6/c1-22-13-5-3-4-12(14(13)23-2)15(19)18-8-11-9-24-7-6-17(11,10-18)16(20)21/h3-5,11H,6-10H2,1-2H3,(H,20,21)/t11-,17+/m0/s1. The fraction of sp³-hybridized carbons (Fsp3) is 0.529. The Balaban J connectivity index is 1.91. The summed E-state index contributed by atoms with van der Waals surface area (Å²) in [5.74, 6) is -0.467. The molecule has 1 amide bonds. The number of benzene rings is 1. The van der Waals surface area contributed by atoms with E-state index < -0.39 is 11.4 Å². The molecule has 7 heteroatoms. The second-order valence-corrected chi connectivity index (χ2v) is 6.21. The Hall–Kier alpha value is -2.28. The third kappa shape index (κ3) is 2.49. The zero-order valence-electron chi connectivity index (χ0n) is 13.8. The van der Waals surface area contributed by atoms with Crippen LogP contribution in [0.4, 0.5) is 0 Å². The number of fused-ring (bicyclic) bond motifs is 1. The first-order chi connectivity index (χ1) is 11.5. The molecule has 2 atom stereocenters. The normalized spacial score (nSPS) is 25.9. The number of ether oxygens (including phenoxy) is 3. The molecule has 0 aromatic heterocycles. The zero-order valence-corrected chi connectivity index (χ0v) is 13.8. The van der Waals surface area contributed by atoms with Crippen molar-refractivity contribution in [2.45, 2.75) is 6.42 Å². The summed E-state index contributed by atoms with van der Waals surface area (Å²) in [5, 5.41) is 9.71. The summed E-state index contributed by atoms with van der Waals surface area (Å²) in [6.45, 7) is 1.33. The lowest BCUT2D eigenvalue weighted by atomic mass is 9.74. The molecule has 0 aliphatic carbocycles. The number of para-hydroxylation sites is 1. The van der Waals surface area contributed by atoms with E-state index in [0.717, 1.165) is 0 Å². The maximum absolute atomic E-state index is 13.0. The molecular formula is C17H21NO6. The van der Waals surface area contributed by atoms with Crippen LogP contribution in [0.3, 0.4) is 0 Å². The van der Waals surface area contributed by atoms with E-state index in [9.17, 15) is 14.7 Å². The second-order valence-electron chi connectivity index (χ2n) is 6.21. The van der Waals surface area contributed by atoms with Crippen LogP contribution < -0.4 is 9.47 Å². The highest BCUT2D eigenvalue weighted by Crippen LogP contribution is 2.43. The van der Waals surface area contributed by atoms with E-state index in [2.05, 4.69) is 0 Å². The number of hydrogen-bond acceptors (Lipinski definition) is 5. The van der Waals surface area contributed by atoms with Crippen molar-refractivity contribution in [2.75, 3.05) is 40.5 Å². The summed E-state index contributed by atoms with van der Waals surface area (Å²) in [7, 11) is 2.98. The summed E-state index contributed by atoms with van der Waals surface area (Å²) < 4.78 is 16.0. The molecule has 0 saturated carbocycles. The zero-order chi connectivity index (χ0) is 17.3. The van der Waals surface area contributed by atoms with Crippen molar-refractivity contribution in [3.63, 3.8) is 0 Å². The number of carbonyl (C=O) groups is 2. The molecule has 2 aliphatic rings. The predicted molar refractivity (Wildman–Crippen MR) is 84.4 cm³/mol. The van der Waals surface area contributed by atoms with E-state index in [1.807, 2.05) is 0 Å². The summed E-state index contributed by atoms with van der Waals surface area (Å²) in [5.41, 5.74) is -0.544. The van der Waals surface area contributed by atoms with Gasteiger partial charge in [-0.25, -0.2) is 0 Å². The first kappa shape index (κ1) is 16.6. The third-order valence-electron chi connectivity index (χ3n) is 5.05. The highest BCUT2D eigenvalue weighted by molar-refractivity contribution is 5.98. The molecular weight excluding hydrogens is 314 g/mol. The molecule has 0 bridgehead atoms. The van der Waals surface area contributed by atoms with Crippen LogP contribution in [0.5, 0.6) is 11.5 Å². The molecule has 24 heavy (non-hydrogen) atoms. The second kappa shape index (κ2) is 6.32. The lowest BCUT2D eigenvalue weighted by molar-refractivity contribution is -0.157. The number of carboxylic acids is 1. The van der Waals surface area contributed by atoms with Gasteiger partial charge in [0.1, 0.15) is 0 Å². The highest BCUT2D eigenvalue weighted by atomic mass is 16.5. The van der Waals surface area contributed by atoms with Gasteiger partial charge >= 0.3 is 5.97 Å². The predicted octanol–water partition coefficient (Wildman–Crippen LogP) is 1.27. The van der Waals surface area contributed by atoms with Crippen molar-refractivity contribution in [3.05, 3.63) is 23.8 Å². The number of carboxylic acid groups (broad SMARTS) is 1. The Morgan fingerprint density at radius 1 is 1.33 bits per heavy atom. The SMILES string of the molecule is COc1cccc(C(=O)N2C[C@H]3COCC[C@@]3(C(=O)O)C2)c1OC. The van der Waals surface area contributed by atoms with E-state index >= 15 is 0 Å². The fourth-order valence-electron chi connectivity index (χ4n) is 3.68. The molecule has 130 valence electrons. The fourth-order valence-corrected chi connectivity index (χ4v) is 3.68. The lowest BCUT2D eigenvalue weighted by Gasteiger charge is -2.33. The smallest absolute Gasteiger partial charge is 0.311 e. The van der Waals surface area contributed by atoms with Crippen molar-refractivity contribution >= 4 is 11.9 Å². The molecule has 2 saturated heterocycles. The molecule has 0 spiro atoms. The number of rotatable bonds is 4. The number of hydrogen-bond donors (Lipinski definition) is 1. The van der Waals surface area contributed by atoms with Crippen molar-refractivity contribution in [1.82, 2.24) is 4.90 Å². The Morgan fingerprint density at radius 3 is 2.75 bits per heavy atom. The molecule has 2 fully saturated rings. The Morgan fingerprint density at radius 2 is 2.12 bits per heavy atom. The Kier molecular flexibility index (Phi) is 4.36. The highest BCUT2D eigenvalue weighted by Gasteiger charge is 2.55. The molecule has 3 rings (SSSR count). The van der Waals surface area contributed by atoms with Gasteiger partial charge in [-0.1, -0.05) is 6.07 Å². The van der Waals surface area contributed by atoms with Gasteiger partial charge in [-0.3, -0.25) is 9.59 Å². The van der Waals surface area contributed by atoms with Crippen LogP contribution in [0.1, 0.15) is 16.8 Å². The first-order valence-corrected chi connectivity index (χ1v) is 7.85. The number of nitrogens with zero attached hydrogens (tertiary/aromatic N) is 1. The largest absolute Gasteiger partial charge is 0.493 e. The van der Waals surface area contributed by atoms with Gasteiger partial charge in [-0.05, 0) is 18.6 Å². The van der Waals surface area contributed by atoms with E-state index in [1.54, 1.807) is 23.1 Å². The molecule has 0 unspecified atom stereocenters. The van der Waals surface area contributed by atoms with Gasteiger partial charge in [0.05, 0.1) is 31.8 Å². The van der Waals surface area contributed by atoms with E-state index in [1.165, 1.54) is 14.2 Å². The van der Waals surface area contributed by atoms with Crippen molar-refractivity contribution in [1.29, 1.82) is 0 Å². The van der Waals surface area contributed by atoms with Crippen LogP contribution in [0.25, 0.3) is 0 Å². The number of amides is 1. The minimum atomic E-state index is -0.917. The average molecular weight is 335 g/mol. The summed E-state index contributed by atoms with van der Waals surface area (Å²) >= 11 is 0. The maximum atomic E-state index is 13.0. The van der Waals surface area contributed by atoms with Gasteiger partial charge in [0.2, 0.25) is 0 Å². The number of aliphatic carboxylic acids is 1. The minimum Gasteiger partial charge on any atom is -0.493 e. The van der Waals surface area contributed by atoms with Crippen LogP contribution in [0.15, 0.2) is 18.2 Å². The van der Waals surface area contributed by atoms with Crippen LogP contribution >= 0.6 is 0 Å². The quantitative estimate of drug-likeness (QED) is 0.892. The number of methoxy groups -OCH3 is 2. The minimum absolute atomic E-state index is 0.190. The summed E-state index contributed by atoms with van der Waals surface area (Å²) in [4.78, 5) is 26.4. The van der Waals surface area contributed by atoms with Gasteiger partial charge in [-0.15, -0.1) is 0 Å². The topological polar surface area (TPSA) is 85.3 Å². The van der Waals surface area contributed by atoms with Gasteiger partial charge < -0.3 is 24.2 Å². The molecule has 2 aliphatic heterocycles. The maximum Gasteiger partial charge on any atom is 0.311 e. The van der Waals surface area contributed by atoms with Crippen molar-refractivity contribution in [3.8, 4) is 11.5 Å². The number of carbonyl (C=O) groups excluding carboxylic acids is 1. The van der Waals surface area contributed by atoms with Gasteiger partial charge in [0.15, 0.2) is 11.5 Å². The molecule has 1 aromatic carbocycles. The summed E-state index contributed by atoms with van der Waals surface area (Å²) in [6, 6.07) is 5.09. The van der Waals surface area contributed by atoms with Crippen LogP contribution in [-0.2, 0) is 9.53 Å². The lowest BCUT2D eigenvalue weighted by Crippen LogP contribution is -2.45. The van der Waals surface area contributed by atoms with Gasteiger partial charge in [0.25, 0.3) is 5.91 Å². The van der Waals surface area contributed by atoms with Crippen LogP contribution in [-0.4, -0.2) is 62.4 Å². The van der Waals surface area contributed by atoms with Crippen LogP contribution in [0.2, 0.25) is 0 Å². The Bertz CT molecular complexity index is 660. The summed E-state index contributed by atoms with van der Waals surface area (Å²) in [6.07, 6.45) is 0.423. The van der Waals surface area contributed by atoms with Crippen LogP contribution in [0, 0.1) is 11.3 Å². The Labute approximate surface area is 140 Å². The van der Waals surface area contributed by atoms with Gasteiger partial charge in [0, 0.05) is 25.6 Å². The van der Waals surface area contributed by atoms with E-state index in [4.69, 9.17) is 14.2 Å². The van der Waals surface area contributed by atoms with Crippen molar-refractivity contribution in [2.24, 2.45) is 11.3 Å². The van der Waals surface area contributed by atoms with E-state index in [0.29, 0.717) is 43.2 Å². The molecule has 1 N–H and O–H groups in total. The van der Waals surface area contributed by atoms with Crippen molar-refractivity contribution < 1.29 is 28.9 Å². The molecule has 7 nitrogen and oxygen atoms in total. The first-order valence-electron chi connectivity index (χ1n) is 7.85. The third-order valence-corrected chi connectivity index (χ3v) is 5.05. The van der Waals surface area contributed by atoms with E-state index in [-0.39, 0.29) is 18.4 Å². The monoisotopic (exact) mass is 335 g/mol. The molecule has 1 aromatic rings. The molecule has 2 heterocycles. The number of likely N-dealkylation sites (tertiary alicyclic amines) is 1.